The van der Waals surface area contributed by atoms with Crippen LogP contribution in [0, 0.1) is 6.07 Å². The first-order chi connectivity index (χ1) is 7.77. The summed E-state index contributed by atoms with van der Waals surface area (Å²) in [7, 11) is 0. The zero-order chi connectivity index (χ0) is 11.4. The van der Waals surface area contributed by atoms with Crippen molar-refractivity contribution >= 4 is 35.0 Å². The fraction of sp³-hybridized carbons (Fsp3) is 0.0769. The number of hydrogen-bond donors (Lipinski definition) is 0. The van der Waals surface area contributed by atoms with Gasteiger partial charge in [0.1, 0.15) is 0 Å². The van der Waals surface area contributed by atoms with Gasteiger partial charge in [-0.2, -0.15) is 0 Å². The zero-order valence-electron chi connectivity index (χ0n) is 8.41. The minimum Gasteiger partial charge on any atom is -0.120 e. The molecule has 2 aromatic carbocycles. The largest absolute Gasteiger partial charge is 0.120 e. The molecule has 16 heavy (non-hydrogen) atoms. The van der Waals surface area contributed by atoms with Gasteiger partial charge < -0.3 is 0 Å². The van der Waals surface area contributed by atoms with Gasteiger partial charge in [-0.3, -0.25) is 0 Å². The summed E-state index contributed by atoms with van der Waals surface area (Å²) in [5.74, 6) is 0.890. The van der Waals surface area contributed by atoms with Crippen LogP contribution in [-0.2, 0) is 5.75 Å². The molecule has 0 atom stereocenters. The monoisotopic (exact) mass is 267 g/mol. The molecule has 0 aliphatic rings. The lowest BCUT2D eigenvalue weighted by atomic mass is 10.2. The Hall–Kier alpha value is -0.630. The lowest BCUT2D eigenvalue weighted by Crippen LogP contribution is -1.81. The second-order valence-corrected chi connectivity index (χ2v) is 5.02. The lowest BCUT2D eigenvalue weighted by molar-refractivity contribution is 1.38. The van der Waals surface area contributed by atoms with Gasteiger partial charge in [0, 0.05) is 16.7 Å². The van der Waals surface area contributed by atoms with Crippen molar-refractivity contribution in [3.63, 3.8) is 0 Å². The van der Waals surface area contributed by atoms with Crippen molar-refractivity contribution in [2.24, 2.45) is 0 Å². The molecule has 1 radical (unpaired) electrons. The van der Waals surface area contributed by atoms with E-state index in [9.17, 15) is 0 Å². The highest BCUT2D eigenvalue weighted by Gasteiger charge is 2.04. The number of hydrogen-bond acceptors (Lipinski definition) is 1. The minimum atomic E-state index is 0.486. The zero-order valence-corrected chi connectivity index (χ0v) is 10.7. The minimum absolute atomic E-state index is 0.486. The molecule has 81 valence electrons. The highest BCUT2D eigenvalue weighted by Crippen LogP contribution is 2.34. The van der Waals surface area contributed by atoms with E-state index >= 15 is 0 Å². The number of halogens is 2. The summed E-state index contributed by atoms with van der Waals surface area (Å²) in [5, 5.41) is 1.07. The van der Waals surface area contributed by atoms with E-state index in [0.717, 1.165) is 10.6 Å². The molecular weight excluding hydrogens is 259 g/mol. The Labute approximate surface area is 110 Å². The lowest BCUT2D eigenvalue weighted by Gasteiger charge is -2.05. The second-order valence-electron chi connectivity index (χ2n) is 3.24. The van der Waals surface area contributed by atoms with Crippen LogP contribution in [0.2, 0.25) is 10.0 Å². The quantitative estimate of drug-likeness (QED) is 0.699. The van der Waals surface area contributed by atoms with Gasteiger partial charge in [0.25, 0.3) is 0 Å². The molecule has 2 aromatic rings. The highest BCUT2D eigenvalue weighted by atomic mass is 35.5. The van der Waals surface area contributed by atoms with Gasteiger partial charge in [0.05, 0.1) is 10.0 Å². The van der Waals surface area contributed by atoms with Crippen molar-refractivity contribution in [3.8, 4) is 0 Å². The van der Waals surface area contributed by atoms with Crippen LogP contribution in [0.4, 0.5) is 0 Å². The fourth-order valence-corrected chi connectivity index (χ4v) is 2.69. The predicted octanol–water partition coefficient (Wildman–Crippen LogP) is 5.09. The van der Waals surface area contributed by atoms with Crippen LogP contribution in [0.25, 0.3) is 0 Å². The Kier molecular flexibility index (Phi) is 4.16. The summed E-state index contributed by atoms with van der Waals surface area (Å²) in [6, 6.07) is 16.8. The van der Waals surface area contributed by atoms with Gasteiger partial charge in [0.15, 0.2) is 0 Å². The van der Waals surface area contributed by atoms with Gasteiger partial charge >= 0.3 is 0 Å². The van der Waals surface area contributed by atoms with Crippen LogP contribution in [0.15, 0.2) is 47.4 Å². The average molecular weight is 268 g/mol. The molecule has 0 fully saturated rings. The van der Waals surface area contributed by atoms with E-state index in [2.05, 4.69) is 18.2 Å². The molecule has 0 N–H and O–H groups in total. The predicted molar refractivity (Wildman–Crippen MR) is 71.3 cm³/mol. The molecule has 0 aromatic heterocycles. The van der Waals surface area contributed by atoms with Crippen LogP contribution >= 0.6 is 35.0 Å². The third-order valence-corrected chi connectivity index (χ3v) is 4.12. The molecular formula is C13H9Cl2S. The molecule has 0 bridgehead atoms. The molecule has 0 saturated heterocycles. The maximum atomic E-state index is 6.08. The summed E-state index contributed by atoms with van der Waals surface area (Å²) in [4.78, 5) is 0.995. The van der Waals surface area contributed by atoms with Crippen molar-refractivity contribution in [3.05, 3.63) is 64.1 Å². The third kappa shape index (κ3) is 2.94. The molecule has 3 heteroatoms. The van der Waals surface area contributed by atoms with Crippen LogP contribution in [0.1, 0.15) is 5.56 Å². The number of thioether (sulfide) groups is 1. The first kappa shape index (κ1) is 11.8. The molecule has 0 aliphatic heterocycles. The maximum absolute atomic E-state index is 6.08. The summed E-state index contributed by atoms with van der Waals surface area (Å²) >= 11 is 13.6. The number of rotatable bonds is 3. The van der Waals surface area contributed by atoms with Gasteiger partial charge in [-0.05, 0) is 11.6 Å². The van der Waals surface area contributed by atoms with Gasteiger partial charge in [-0.25, -0.2) is 0 Å². The Balaban J connectivity index is 2.08. The van der Waals surface area contributed by atoms with E-state index in [0.29, 0.717) is 10.0 Å². The Morgan fingerprint density at radius 1 is 1.06 bits per heavy atom. The Morgan fingerprint density at radius 3 is 2.56 bits per heavy atom. The molecule has 0 spiro atoms. The molecule has 0 unspecified atom stereocenters. The van der Waals surface area contributed by atoms with Crippen molar-refractivity contribution in [2.75, 3.05) is 0 Å². The SMILES string of the molecule is Clc1[c]ccc(SCc2ccccc2)c1Cl. The van der Waals surface area contributed by atoms with Gasteiger partial charge in [-0.1, -0.05) is 59.6 Å². The molecule has 0 nitrogen and oxygen atoms in total. The topological polar surface area (TPSA) is 0 Å². The van der Waals surface area contributed by atoms with Crippen LogP contribution in [-0.4, -0.2) is 0 Å². The molecule has 0 amide bonds. The van der Waals surface area contributed by atoms with Crippen LogP contribution in [0.3, 0.4) is 0 Å². The Morgan fingerprint density at radius 2 is 1.81 bits per heavy atom. The first-order valence-electron chi connectivity index (χ1n) is 4.80. The van der Waals surface area contributed by atoms with Crippen LogP contribution in [0.5, 0.6) is 0 Å². The fourth-order valence-electron chi connectivity index (χ4n) is 1.28. The van der Waals surface area contributed by atoms with Gasteiger partial charge in [0.2, 0.25) is 0 Å². The van der Waals surface area contributed by atoms with E-state index in [1.165, 1.54) is 5.56 Å². The third-order valence-electron chi connectivity index (χ3n) is 2.09. The van der Waals surface area contributed by atoms with E-state index < -0.39 is 0 Å². The number of benzene rings is 2. The van der Waals surface area contributed by atoms with Crippen molar-refractivity contribution < 1.29 is 0 Å². The normalized spacial score (nSPS) is 10.4. The molecule has 0 heterocycles. The average Bonchev–Trinajstić information content (AvgIpc) is 2.32. The van der Waals surface area contributed by atoms with E-state index in [1.807, 2.05) is 24.3 Å². The summed E-state index contributed by atoms with van der Waals surface area (Å²) in [6.07, 6.45) is 0. The van der Waals surface area contributed by atoms with Crippen molar-refractivity contribution in [2.45, 2.75) is 10.6 Å². The van der Waals surface area contributed by atoms with E-state index in [4.69, 9.17) is 23.2 Å². The second kappa shape index (κ2) is 5.62. The van der Waals surface area contributed by atoms with Crippen LogP contribution < -0.4 is 0 Å². The van der Waals surface area contributed by atoms with E-state index in [1.54, 1.807) is 17.8 Å². The van der Waals surface area contributed by atoms with Crippen molar-refractivity contribution in [1.82, 2.24) is 0 Å². The van der Waals surface area contributed by atoms with E-state index in [-0.39, 0.29) is 0 Å². The smallest absolute Gasteiger partial charge is 0.0734 e. The van der Waals surface area contributed by atoms with Gasteiger partial charge in [-0.15, -0.1) is 11.8 Å². The Bertz CT molecular complexity index is 469. The summed E-state index contributed by atoms with van der Waals surface area (Å²) in [6.45, 7) is 0. The summed E-state index contributed by atoms with van der Waals surface area (Å²) < 4.78 is 0. The maximum Gasteiger partial charge on any atom is 0.0734 e. The molecule has 0 saturated carbocycles. The highest BCUT2D eigenvalue weighted by molar-refractivity contribution is 7.98. The van der Waals surface area contributed by atoms with Crippen molar-refractivity contribution in [1.29, 1.82) is 0 Å². The first-order valence-corrected chi connectivity index (χ1v) is 6.54. The molecule has 0 aliphatic carbocycles. The molecule has 2 rings (SSSR count). The summed E-state index contributed by atoms with van der Waals surface area (Å²) in [5.41, 5.74) is 1.27. The standard InChI is InChI=1S/C13H9Cl2S/c14-11-7-4-8-12(13(11)15)16-9-10-5-2-1-3-6-10/h1-6,8H,9H2.